The van der Waals surface area contributed by atoms with Crippen LogP contribution in [0.1, 0.15) is 44.9 Å². The first-order valence-corrected chi connectivity index (χ1v) is 7.93. The fraction of sp³-hybridized carbons (Fsp3) is 0.812. The van der Waals surface area contributed by atoms with Crippen LogP contribution in [0.15, 0.2) is 12.2 Å². The van der Waals surface area contributed by atoms with E-state index in [0.29, 0.717) is 17.9 Å². The summed E-state index contributed by atoms with van der Waals surface area (Å²) in [4.78, 5) is 16.7. The quantitative estimate of drug-likeness (QED) is 0.714. The molecule has 1 unspecified atom stereocenters. The van der Waals surface area contributed by atoms with Gasteiger partial charge in [0.25, 0.3) is 0 Å². The molecule has 0 N–H and O–H groups in total. The monoisotopic (exact) mass is 262 g/mol. The van der Waals surface area contributed by atoms with Crippen molar-refractivity contribution in [2.45, 2.75) is 44.9 Å². The van der Waals surface area contributed by atoms with Gasteiger partial charge in [0.1, 0.15) is 0 Å². The van der Waals surface area contributed by atoms with E-state index in [1.54, 1.807) is 0 Å². The second-order valence-electron chi connectivity index (χ2n) is 6.62. The van der Waals surface area contributed by atoms with Gasteiger partial charge in [-0.05, 0) is 56.9 Å². The molecule has 2 aliphatic heterocycles. The summed E-state index contributed by atoms with van der Waals surface area (Å²) in [5.41, 5.74) is 0.484. The number of nitrogens with zero attached hydrogens (tertiary/aromatic N) is 2. The number of allylic oxidation sites excluding steroid dienone is 2. The van der Waals surface area contributed by atoms with Gasteiger partial charge in [0.2, 0.25) is 5.91 Å². The number of rotatable bonds is 2. The summed E-state index contributed by atoms with van der Waals surface area (Å²) in [6, 6.07) is 0. The maximum Gasteiger partial charge on any atom is 0.236 e. The lowest BCUT2D eigenvalue weighted by molar-refractivity contribution is -0.132. The molecule has 0 aromatic rings. The summed E-state index contributed by atoms with van der Waals surface area (Å²) in [7, 11) is 0. The van der Waals surface area contributed by atoms with Gasteiger partial charge in [-0.3, -0.25) is 9.69 Å². The van der Waals surface area contributed by atoms with Crippen LogP contribution in [0.5, 0.6) is 0 Å². The second-order valence-corrected chi connectivity index (χ2v) is 6.62. The van der Waals surface area contributed by atoms with E-state index in [9.17, 15) is 4.79 Å². The number of hydrogen-bond donors (Lipinski definition) is 0. The Kier molecular flexibility index (Phi) is 3.92. The Morgan fingerprint density at radius 2 is 1.89 bits per heavy atom. The maximum absolute atomic E-state index is 12.3. The van der Waals surface area contributed by atoms with Crippen molar-refractivity contribution in [2.75, 3.05) is 32.7 Å². The van der Waals surface area contributed by atoms with E-state index >= 15 is 0 Å². The van der Waals surface area contributed by atoms with Gasteiger partial charge in [-0.25, -0.2) is 0 Å². The van der Waals surface area contributed by atoms with Crippen molar-refractivity contribution in [2.24, 2.45) is 5.41 Å². The van der Waals surface area contributed by atoms with E-state index in [0.717, 1.165) is 26.2 Å². The molecule has 0 aromatic carbocycles. The van der Waals surface area contributed by atoms with Crippen molar-refractivity contribution >= 4 is 5.91 Å². The molecule has 3 aliphatic rings. The first kappa shape index (κ1) is 13.2. The standard InChI is InChI=1S/C16H26N2O/c19-15(18-11-4-5-12-18)13-17-10-6-9-16(14-17)7-2-1-3-8-16/h1-2H,3-14H2. The molecule has 3 heteroatoms. The Balaban J connectivity index is 1.56. The highest BCUT2D eigenvalue weighted by atomic mass is 16.2. The third-order valence-electron chi connectivity index (χ3n) is 5.12. The lowest BCUT2D eigenvalue weighted by Crippen LogP contribution is -2.48. The molecule has 1 aliphatic carbocycles. The predicted octanol–water partition coefficient (Wildman–Crippen LogP) is 2.43. The molecular weight excluding hydrogens is 236 g/mol. The minimum absolute atomic E-state index is 0.362. The largest absolute Gasteiger partial charge is 0.342 e. The molecule has 3 rings (SSSR count). The first-order chi connectivity index (χ1) is 9.27. The van der Waals surface area contributed by atoms with Crippen molar-refractivity contribution in [1.82, 2.24) is 9.80 Å². The molecule has 1 spiro atoms. The highest BCUT2D eigenvalue weighted by Crippen LogP contribution is 2.40. The summed E-state index contributed by atoms with van der Waals surface area (Å²) in [5.74, 6) is 0.362. The van der Waals surface area contributed by atoms with E-state index in [1.807, 2.05) is 0 Å². The highest BCUT2D eigenvalue weighted by molar-refractivity contribution is 5.78. The number of amides is 1. The van der Waals surface area contributed by atoms with Crippen LogP contribution < -0.4 is 0 Å². The van der Waals surface area contributed by atoms with Gasteiger partial charge in [0.15, 0.2) is 0 Å². The molecule has 0 saturated carbocycles. The molecule has 0 aromatic heterocycles. The molecule has 3 nitrogen and oxygen atoms in total. The summed E-state index contributed by atoms with van der Waals surface area (Å²) in [6.07, 6.45) is 13.5. The predicted molar refractivity (Wildman–Crippen MR) is 76.9 cm³/mol. The Hall–Kier alpha value is -0.830. The Morgan fingerprint density at radius 3 is 2.63 bits per heavy atom. The van der Waals surface area contributed by atoms with E-state index < -0.39 is 0 Å². The Bertz CT molecular complexity index is 360. The van der Waals surface area contributed by atoms with Crippen LogP contribution in [-0.2, 0) is 4.79 Å². The SMILES string of the molecule is O=C(CN1CCCC2(CC=CCC2)C1)N1CCCC1. The number of hydrogen-bond acceptors (Lipinski definition) is 2. The normalized spacial score (nSPS) is 32.1. The molecule has 1 atom stereocenters. The molecule has 106 valence electrons. The van der Waals surface area contributed by atoms with Crippen LogP contribution in [0.2, 0.25) is 0 Å². The Labute approximate surface area is 116 Å². The zero-order chi connectivity index (χ0) is 13.1. The summed E-state index contributed by atoms with van der Waals surface area (Å²) in [6.45, 7) is 4.88. The zero-order valence-electron chi connectivity index (χ0n) is 11.9. The highest BCUT2D eigenvalue weighted by Gasteiger charge is 2.36. The minimum Gasteiger partial charge on any atom is -0.342 e. The fourth-order valence-electron chi connectivity index (χ4n) is 4.02. The van der Waals surface area contributed by atoms with Gasteiger partial charge in [0, 0.05) is 19.6 Å². The van der Waals surface area contributed by atoms with Crippen LogP contribution in [0.3, 0.4) is 0 Å². The third kappa shape index (κ3) is 3.02. The Morgan fingerprint density at radius 1 is 1.05 bits per heavy atom. The first-order valence-electron chi connectivity index (χ1n) is 7.93. The maximum atomic E-state index is 12.3. The number of carbonyl (C=O) groups is 1. The average molecular weight is 262 g/mol. The van der Waals surface area contributed by atoms with Crippen molar-refractivity contribution in [3.8, 4) is 0 Å². The van der Waals surface area contributed by atoms with E-state index in [4.69, 9.17) is 0 Å². The second kappa shape index (κ2) is 5.66. The molecular formula is C16H26N2O. The van der Waals surface area contributed by atoms with Gasteiger partial charge in [0.05, 0.1) is 6.54 Å². The van der Waals surface area contributed by atoms with Crippen LogP contribution in [0, 0.1) is 5.41 Å². The lowest BCUT2D eigenvalue weighted by atomic mass is 9.71. The number of likely N-dealkylation sites (tertiary alicyclic amines) is 2. The molecule has 0 radical (unpaired) electrons. The summed E-state index contributed by atoms with van der Waals surface area (Å²) in [5, 5.41) is 0. The third-order valence-corrected chi connectivity index (χ3v) is 5.12. The van der Waals surface area contributed by atoms with Crippen LogP contribution in [0.4, 0.5) is 0 Å². The number of carbonyl (C=O) groups excluding carboxylic acids is 1. The molecule has 2 fully saturated rings. The van der Waals surface area contributed by atoms with Crippen molar-refractivity contribution in [1.29, 1.82) is 0 Å². The van der Waals surface area contributed by atoms with Gasteiger partial charge < -0.3 is 4.90 Å². The average Bonchev–Trinajstić information content (AvgIpc) is 2.93. The molecule has 19 heavy (non-hydrogen) atoms. The van der Waals surface area contributed by atoms with Gasteiger partial charge in [-0.15, -0.1) is 0 Å². The van der Waals surface area contributed by atoms with Gasteiger partial charge in [-0.2, -0.15) is 0 Å². The lowest BCUT2D eigenvalue weighted by Gasteiger charge is -2.44. The zero-order valence-corrected chi connectivity index (χ0v) is 11.9. The smallest absolute Gasteiger partial charge is 0.236 e. The molecule has 0 bridgehead atoms. The van der Waals surface area contributed by atoms with E-state index in [-0.39, 0.29) is 0 Å². The van der Waals surface area contributed by atoms with Gasteiger partial charge in [-0.1, -0.05) is 12.2 Å². The van der Waals surface area contributed by atoms with Crippen LogP contribution in [-0.4, -0.2) is 48.4 Å². The minimum atomic E-state index is 0.362. The fourth-order valence-corrected chi connectivity index (χ4v) is 4.02. The van der Waals surface area contributed by atoms with Crippen molar-refractivity contribution in [3.63, 3.8) is 0 Å². The van der Waals surface area contributed by atoms with Gasteiger partial charge >= 0.3 is 0 Å². The molecule has 2 heterocycles. The topological polar surface area (TPSA) is 23.6 Å². The number of piperidine rings is 1. The van der Waals surface area contributed by atoms with Crippen molar-refractivity contribution < 1.29 is 4.79 Å². The van der Waals surface area contributed by atoms with E-state index in [1.165, 1.54) is 44.9 Å². The van der Waals surface area contributed by atoms with Crippen LogP contribution in [0.25, 0.3) is 0 Å². The van der Waals surface area contributed by atoms with Crippen LogP contribution >= 0.6 is 0 Å². The molecule has 2 saturated heterocycles. The molecule has 1 amide bonds. The summed E-state index contributed by atoms with van der Waals surface area (Å²) < 4.78 is 0. The summed E-state index contributed by atoms with van der Waals surface area (Å²) >= 11 is 0. The van der Waals surface area contributed by atoms with Crippen molar-refractivity contribution in [3.05, 3.63) is 12.2 Å². The van der Waals surface area contributed by atoms with E-state index in [2.05, 4.69) is 22.0 Å².